The number of carboxylic acid groups (broad SMARTS) is 2. The molecule has 4 aromatic rings. The summed E-state index contributed by atoms with van der Waals surface area (Å²) in [6, 6.07) is 19.4. The quantitative estimate of drug-likeness (QED) is 0.241. The third-order valence-electron chi connectivity index (χ3n) is 5.40. The van der Waals surface area contributed by atoms with Crippen molar-refractivity contribution >= 4 is 35.9 Å². The molecule has 190 valence electrons. The number of hydrogen-bond acceptors (Lipinski definition) is 7. The maximum absolute atomic E-state index is 11.6. The minimum absolute atomic E-state index is 0.182. The zero-order valence-electron chi connectivity index (χ0n) is 19.9. The Morgan fingerprint density at radius 3 is 1.79 bits per heavy atom. The van der Waals surface area contributed by atoms with E-state index in [9.17, 15) is 19.2 Å². The monoisotopic (exact) mass is 512 g/mol. The van der Waals surface area contributed by atoms with Gasteiger partial charge in [0.15, 0.2) is 12.0 Å². The first-order valence-corrected chi connectivity index (χ1v) is 11.1. The Morgan fingerprint density at radius 1 is 0.816 bits per heavy atom. The van der Waals surface area contributed by atoms with Crippen LogP contribution in [0, 0.1) is 0 Å². The van der Waals surface area contributed by atoms with Crippen LogP contribution in [0.2, 0.25) is 0 Å². The van der Waals surface area contributed by atoms with Gasteiger partial charge in [-0.05, 0) is 61.5 Å². The summed E-state index contributed by atoms with van der Waals surface area (Å²) in [5.74, 6) is -0.543. The van der Waals surface area contributed by atoms with Crippen LogP contribution in [0.25, 0.3) is 28.7 Å². The highest BCUT2D eigenvalue weighted by atomic mass is 16.4. The summed E-state index contributed by atoms with van der Waals surface area (Å²) in [7, 11) is 0. The molecular formula is C28H20N2O8. The zero-order valence-corrected chi connectivity index (χ0v) is 19.9. The molecule has 5 rings (SSSR count). The molecule has 0 unspecified atom stereocenters. The van der Waals surface area contributed by atoms with Crippen LogP contribution in [-0.4, -0.2) is 40.1 Å². The third-order valence-corrected chi connectivity index (χ3v) is 5.40. The lowest BCUT2D eigenvalue weighted by Gasteiger charge is -1.99. The number of hydrazone groups is 1. The molecule has 3 N–H and O–H groups in total. The number of benzene rings is 2. The van der Waals surface area contributed by atoms with Crippen LogP contribution in [0.4, 0.5) is 0 Å². The summed E-state index contributed by atoms with van der Waals surface area (Å²) in [5, 5.41) is 21.7. The van der Waals surface area contributed by atoms with Crippen molar-refractivity contribution in [2.75, 3.05) is 0 Å². The number of nitrogens with zero attached hydrogens (tertiary/aromatic N) is 1. The van der Waals surface area contributed by atoms with E-state index in [1.54, 1.807) is 55.5 Å². The minimum Gasteiger partial charge on any atom is -0.478 e. The fourth-order valence-corrected chi connectivity index (χ4v) is 3.50. The van der Waals surface area contributed by atoms with Crippen molar-refractivity contribution in [3.8, 4) is 22.6 Å². The Hall–Kier alpha value is -5.51. The second-order valence-corrected chi connectivity index (χ2v) is 7.99. The Labute approximate surface area is 215 Å². The van der Waals surface area contributed by atoms with Crippen molar-refractivity contribution in [1.82, 2.24) is 5.43 Å². The molecule has 38 heavy (non-hydrogen) atoms. The first-order valence-electron chi connectivity index (χ1n) is 11.1. The van der Waals surface area contributed by atoms with Crippen LogP contribution in [0.3, 0.4) is 0 Å². The van der Waals surface area contributed by atoms with E-state index >= 15 is 0 Å². The Bertz CT molecular complexity index is 1610. The number of rotatable bonds is 6. The highest BCUT2D eigenvalue weighted by Crippen LogP contribution is 2.25. The van der Waals surface area contributed by atoms with E-state index in [4.69, 9.17) is 19.0 Å². The molecule has 1 amide bonds. The molecule has 0 radical (unpaired) electrons. The molecule has 0 bridgehead atoms. The molecule has 2 aromatic heterocycles. The largest absolute Gasteiger partial charge is 0.478 e. The number of carbonyl (C=O) groups is 4. The van der Waals surface area contributed by atoms with E-state index < -0.39 is 11.9 Å². The average molecular weight is 512 g/mol. The normalized spacial score (nSPS) is 13.3. The number of carbonyl (C=O) groups excluding carboxylic acids is 2. The summed E-state index contributed by atoms with van der Waals surface area (Å²) in [4.78, 5) is 43.8. The zero-order chi connectivity index (χ0) is 27.2. The lowest BCUT2D eigenvalue weighted by Crippen LogP contribution is -2.12. The summed E-state index contributed by atoms with van der Waals surface area (Å²) in [5.41, 5.74) is 5.07. The summed E-state index contributed by atoms with van der Waals surface area (Å²) < 4.78 is 10.9. The predicted octanol–water partition coefficient (Wildman–Crippen LogP) is 4.99. The molecule has 0 fully saturated rings. The average Bonchev–Trinajstić information content (AvgIpc) is 3.67. The van der Waals surface area contributed by atoms with Gasteiger partial charge in [-0.1, -0.05) is 24.3 Å². The number of furan rings is 2. The second-order valence-electron chi connectivity index (χ2n) is 7.99. The molecule has 3 heterocycles. The van der Waals surface area contributed by atoms with E-state index in [0.717, 1.165) is 0 Å². The molecule has 1 aliphatic rings. The van der Waals surface area contributed by atoms with Gasteiger partial charge in [-0.2, -0.15) is 5.10 Å². The van der Waals surface area contributed by atoms with Gasteiger partial charge in [0, 0.05) is 11.1 Å². The van der Waals surface area contributed by atoms with Crippen LogP contribution in [-0.2, 0) is 4.79 Å². The molecule has 10 heteroatoms. The maximum Gasteiger partial charge on any atom is 0.335 e. The highest BCUT2D eigenvalue weighted by molar-refractivity contribution is 6.26. The van der Waals surface area contributed by atoms with Gasteiger partial charge in [0.1, 0.15) is 17.3 Å². The number of aromatic carboxylic acids is 2. The van der Waals surface area contributed by atoms with Crippen molar-refractivity contribution in [2.24, 2.45) is 5.10 Å². The molecule has 0 saturated carbocycles. The molecule has 0 atom stereocenters. The van der Waals surface area contributed by atoms with Gasteiger partial charge in [-0.3, -0.25) is 9.59 Å². The van der Waals surface area contributed by atoms with E-state index in [2.05, 4.69) is 10.5 Å². The van der Waals surface area contributed by atoms with Crippen molar-refractivity contribution in [3.63, 3.8) is 0 Å². The SMILES string of the molecule is CC1=NNC(=O)/C1=C/c1ccc(-c2cccc(C(=O)O)c2)o1.O=Cc1ccc(-c2cccc(C(=O)O)c2)o1. The van der Waals surface area contributed by atoms with Gasteiger partial charge >= 0.3 is 11.9 Å². The molecular weight excluding hydrogens is 492 g/mol. The second kappa shape index (κ2) is 11.0. The number of amides is 1. The van der Waals surface area contributed by atoms with Gasteiger partial charge in [0.05, 0.1) is 22.4 Å². The van der Waals surface area contributed by atoms with Crippen molar-refractivity contribution in [2.45, 2.75) is 6.92 Å². The van der Waals surface area contributed by atoms with E-state index in [1.165, 1.54) is 30.3 Å². The third kappa shape index (κ3) is 5.82. The van der Waals surface area contributed by atoms with Crippen LogP contribution < -0.4 is 5.43 Å². The lowest BCUT2D eigenvalue weighted by atomic mass is 10.1. The van der Waals surface area contributed by atoms with Crippen molar-refractivity contribution in [3.05, 3.63) is 101 Å². The number of nitrogens with one attached hydrogen (secondary N) is 1. The summed E-state index contributed by atoms with van der Waals surface area (Å²) in [6.07, 6.45) is 2.20. The van der Waals surface area contributed by atoms with E-state index in [0.29, 0.717) is 46.0 Å². The Kier molecular flexibility index (Phi) is 7.43. The minimum atomic E-state index is -0.996. The van der Waals surface area contributed by atoms with Crippen LogP contribution in [0.15, 0.2) is 92.3 Å². The fraction of sp³-hybridized carbons (Fsp3) is 0.0357. The maximum atomic E-state index is 11.6. The van der Waals surface area contributed by atoms with Crippen LogP contribution >= 0.6 is 0 Å². The van der Waals surface area contributed by atoms with Gasteiger partial charge in [0.25, 0.3) is 5.91 Å². The fourth-order valence-electron chi connectivity index (χ4n) is 3.50. The molecule has 0 spiro atoms. The summed E-state index contributed by atoms with van der Waals surface area (Å²) >= 11 is 0. The molecule has 10 nitrogen and oxygen atoms in total. The van der Waals surface area contributed by atoms with E-state index in [1.807, 2.05) is 0 Å². The number of hydrogen-bond donors (Lipinski definition) is 3. The number of carboxylic acids is 2. The van der Waals surface area contributed by atoms with Gasteiger partial charge in [-0.25, -0.2) is 15.0 Å². The predicted molar refractivity (Wildman–Crippen MR) is 137 cm³/mol. The molecule has 0 aliphatic carbocycles. The molecule has 2 aromatic carbocycles. The first-order chi connectivity index (χ1) is 18.2. The molecule has 1 aliphatic heterocycles. The van der Waals surface area contributed by atoms with E-state index in [-0.39, 0.29) is 22.8 Å². The Morgan fingerprint density at radius 2 is 1.34 bits per heavy atom. The van der Waals surface area contributed by atoms with Gasteiger partial charge < -0.3 is 19.0 Å². The van der Waals surface area contributed by atoms with Crippen molar-refractivity contribution in [1.29, 1.82) is 0 Å². The topological polar surface area (TPSA) is 159 Å². The van der Waals surface area contributed by atoms with Crippen molar-refractivity contribution < 1.29 is 38.2 Å². The standard InChI is InChI=1S/C16H12N2O4.C12H8O4/c1-9-13(15(19)18-17-9)8-12-5-6-14(22-12)10-3-2-4-11(7-10)16(20)21;13-7-10-4-5-11(16-10)8-2-1-3-9(6-8)12(14)15/h2-8H,1H3,(H,18,19)(H,20,21);1-7H,(H,14,15)/b13-8+;. The van der Waals surface area contributed by atoms with Crippen LogP contribution in [0.5, 0.6) is 0 Å². The number of aldehydes is 1. The van der Waals surface area contributed by atoms with Crippen LogP contribution in [0.1, 0.15) is 44.0 Å². The smallest absolute Gasteiger partial charge is 0.335 e. The molecule has 0 saturated heterocycles. The Balaban J connectivity index is 0.000000186. The first kappa shape index (κ1) is 25.6. The summed E-state index contributed by atoms with van der Waals surface area (Å²) in [6.45, 7) is 1.73. The van der Waals surface area contributed by atoms with Gasteiger partial charge in [-0.15, -0.1) is 0 Å². The van der Waals surface area contributed by atoms with Gasteiger partial charge in [0.2, 0.25) is 0 Å². The highest BCUT2D eigenvalue weighted by Gasteiger charge is 2.19. The lowest BCUT2D eigenvalue weighted by molar-refractivity contribution is -0.116.